The summed E-state index contributed by atoms with van der Waals surface area (Å²) in [6.07, 6.45) is 2.46. The van der Waals surface area contributed by atoms with Crippen LogP contribution in [0.1, 0.15) is 25.8 Å². The van der Waals surface area contributed by atoms with Crippen molar-refractivity contribution in [1.82, 2.24) is 10.2 Å². The van der Waals surface area contributed by atoms with Crippen molar-refractivity contribution >= 4 is 11.6 Å². The highest BCUT2D eigenvalue weighted by atomic mass is 16.1. The Balaban J connectivity index is 2.48. The zero-order chi connectivity index (χ0) is 17.1. The standard InChI is InChI=1S/C18H26N4O/c1-4-22(5-2)12-8-11-20-14-16(13-19)18(23)21-17-10-7-6-9-15(17)3/h6-7,9-10,14,20H,4-5,8,11-12H2,1-3H3,(H,21,23)/b16-14-. The van der Waals surface area contributed by atoms with Crippen LogP contribution in [0.4, 0.5) is 5.69 Å². The van der Waals surface area contributed by atoms with Gasteiger partial charge in [0.15, 0.2) is 0 Å². The SMILES string of the molecule is CCN(CC)CCCN/C=C(/C#N)C(=O)Nc1ccccc1C. The van der Waals surface area contributed by atoms with Gasteiger partial charge < -0.3 is 15.5 Å². The summed E-state index contributed by atoms with van der Waals surface area (Å²) in [5.41, 5.74) is 1.77. The molecule has 23 heavy (non-hydrogen) atoms. The summed E-state index contributed by atoms with van der Waals surface area (Å²) in [4.78, 5) is 14.4. The summed E-state index contributed by atoms with van der Waals surface area (Å²) in [6.45, 7) is 10.0. The Morgan fingerprint density at radius 2 is 2.00 bits per heavy atom. The molecular formula is C18H26N4O. The molecule has 0 atom stereocenters. The first-order chi connectivity index (χ1) is 11.1. The largest absolute Gasteiger partial charge is 0.390 e. The average Bonchev–Trinajstić information content (AvgIpc) is 2.56. The third kappa shape index (κ3) is 6.54. The molecule has 0 saturated heterocycles. The van der Waals surface area contributed by atoms with Crippen LogP contribution >= 0.6 is 0 Å². The van der Waals surface area contributed by atoms with Crippen LogP contribution in [0.25, 0.3) is 0 Å². The van der Waals surface area contributed by atoms with E-state index < -0.39 is 5.91 Å². The van der Waals surface area contributed by atoms with Crippen molar-refractivity contribution in [3.05, 3.63) is 41.6 Å². The smallest absolute Gasteiger partial charge is 0.267 e. The monoisotopic (exact) mass is 314 g/mol. The van der Waals surface area contributed by atoms with Gasteiger partial charge in [-0.1, -0.05) is 32.0 Å². The van der Waals surface area contributed by atoms with Crippen molar-refractivity contribution in [1.29, 1.82) is 5.26 Å². The number of carbonyl (C=O) groups is 1. The number of anilines is 1. The first-order valence-corrected chi connectivity index (χ1v) is 8.05. The highest BCUT2D eigenvalue weighted by molar-refractivity contribution is 6.06. The molecule has 0 bridgehead atoms. The summed E-state index contributed by atoms with van der Waals surface area (Å²) in [5.74, 6) is -0.391. The van der Waals surface area contributed by atoms with Gasteiger partial charge in [0.2, 0.25) is 0 Å². The van der Waals surface area contributed by atoms with E-state index in [0.29, 0.717) is 0 Å². The van der Waals surface area contributed by atoms with Crippen molar-refractivity contribution < 1.29 is 4.79 Å². The quantitative estimate of drug-likeness (QED) is 0.418. The molecule has 1 amide bonds. The molecule has 0 radical (unpaired) electrons. The van der Waals surface area contributed by atoms with Crippen molar-refractivity contribution in [2.24, 2.45) is 0 Å². The predicted molar refractivity (Wildman–Crippen MR) is 93.9 cm³/mol. The molecule has 1 rings (SSSR count). The number of nitrogens with one attached hydrogen (secondary N) is 2. The number of amides is 1. The predicted octanol–water partition coefficient (Wildman–Crippen LogP) is 2.66. The molecule has 5 nitrogen and oxygen atoms in total. The topological polar surface area (TPSA) is 68.2 Å². The van der Waals surface area contributed by atoms with Crippen LogP contribution in [-0.4, -0.2) is 37.0 Å². The van der Waals surface area contributed by atoms with Crippen molar-refractivity contribution in [2.45, 2.75) is 27.2 Å². The van der Waals surface area contributed by atoms with E-state index in [-0.39, 0.29) is 5.57 Å². The van der Waals surface area contributed by atoms with Crippen LogP contribution in [0.5, 0.6) is 0 Å². The summed E-state index contributed by atoms with van der Waals surface area (Å²) in [7, 11) is 0. The highest BCUT2D eigenvalue weighted by Gasteiger charge is 2.10. The Hall–Kier alpha value is -2.32. The van der Waals surface area contributed by atoms with E-state index in [2.05, 4.69) is 29.4 Å². The molecule has 0 aliphatic heterocycles. The van der Waals surface area contributed by atoms with Gasteiger partial charge in [-0.3, -0.25) is 4.79 Å². The molecule has 1 aromatic carbocycles. The lowest BCUT2D eigenvalue weighted by atomic mass is 10.2. The fraction of sp³-hybridized carbons (Fsp3) is 0.444. The van der Waals surface area contributed by atoms with Crippen LogP contribution in [0, 0.1) is 18.3 Å². The van der Waals surface area contributed by atoms with Crippen molar-refractivity contribution in [3.63, 3.8) is 0 Å². The molecule has 0 saturated carbocycles. The first-order valence-electron chi connectivity index (χ1n) is 8.05. The third-order valence-electron chi connectivity index (χ3n) is 3.69. The fourth-order valence-corrected chi connectivity index (χ4v) is 2.17. The Morgan fingerprint density at radius 3 is 2.61 bits per heavy atom. The number of carbonyl (C=O) groups excluding carboxylic acids is 1. The van der Waals surface area contributed by atoms with Crippen LogP contribution in [0.15, 0.2) is 36.0 Å². The molecule has 0 aliphatic carbocycles. The fourth-order valence-electron chi connectivity index (χ4n) is 2.17. The second kappa shape index (κ2) is 10.4. The number of hydrogen-bond acceptors (Lipinski definition) is 4. The van der Waals surface area contributed by atoms with Crippen LogP contribution in [-0.2, 0) is 4.79 Å². The summed E-state index contributed by atoms with van der Waals surface area (Å²) >= 11 is 0. The minimum absolute atomic E-state index is 0.0797. The number of benzene rings is 1. The van der Waals surface area contributed by atoms with Crippen molar-refractivity contribution in [2.75, 3.05) is 31.5 Å². The minimum atomic E-state index is -0.391. The van der Waals surface area contributed by atoms with Gasteiger partial charge >= 0.3 is 0 Å². The van der Waals surface area contributed by atoms with Crippen molar-refractivity contribution in [3.8, 4) is 6.07 Å². The van der Waals surface area contributed by atoms with Crippen LogP contribution in [0.2, 0.25) is 0 Å². The molecule has 0 fully saturated rings. The summed E-state index contributed by atoms with van der Waals surface area (Å²) < 4.78 is 0. The first kappa shape index (κ1) is 18.7. The van der Waals surface area contributed by atoms with Gasteiger partial charge in [-0.15, -0.1) is 0 Å². The Morgan fingerprint density at radius 1 is 1.30 bits per heavy atom. The number of aryl methyl sites for hydroxylation is 1. The van der Waals surface area contributed by atoms with E-state index >= 15 is 0 Å². The lowest BCUT2D eigenvalue weighted by molar-refractivity contribution is -0.112. The second-order valence-corrected chi connectivity index (χ2v) is 5.27. The van der Waals surface area contributed by atoms with E-state index in [9.17, 15) is 4.79 Å². The molecule has 0 aromatic heterocycles. The second-order valence-electron chi connectivity index (χ2n) is 5.27. The number of nitrogens with zero attached hydrogens (tertiary/aromatic N) is 2. The summed E-state index contributed by atoms with van der Waals surface area (Å²) in [6, 6.07) is 9.43. The number of rotatable bonds is 9. The molecule has 0 heterocycles. The van der Waals surface area contributed by atoms with Crippen LogP contribution in [0.3, 0.4) is 0 Å². The number of hydrogen-bond donors (Lipinski definition) is 2. The van der Waals surface area contributed by atoms with E-state index in [4.69, 9.17) is 5.26 Å². The minimum Gasteiger partial charge on any atom is -0.390 e. The zero-order valence-corrected chi connectivity index (χ0v) is 14.2. The highest BCUT2D eigenvalue weighted by Crippen LogP contribution is 2.13. The van der Waals surface area contributed by atoms with E-state index in [0.717, 1.165) is 43.9 Å². The maximum atomic E-state index is 12.1. The van der Waals surface area contributed by atoms with Gasteiger partial charge in [0.05, 0.1) is 0 Å². The molecular weight excluding hydrogens is 288 g/mol. The average molecular weight is 314 g/mol. The molecule has 124 valence electrons. The van der Waals surface area contributed by atoms with Gasteiger partial charge in [-0.05, 0) is 44.6 Å². The van der Waals surface area contributed by atoms with Crippen LogP contribution < -0.4 is 10.6 Å². The molecule has 0 aliphatic rings. The Bertz CT molecular complexity index is 571. The lowest BCUT2D eigenvalue weighted by Crippen LogP contribution is -2.26. The lowest BCUT2D eigenvalue weighted by Gasteiger charge is -2.17. The Kier molecular flexibility index (Phi) is 8.48. The third-order valence-corrected chi connectivity index (χ3v) is 3.69. The maximum absolute atomic E-state index is 12.1. The zero-order valence-electron chi connectivity index (χ0n) is 14.2. The van der Waals surface area contributed by atoms with E-state index in [1.165, 1.54) is 6.20 Å². The van der Waals surface area contributed by atoms with Gasteiger partial charge in [0.25, 0.3) is 5.91 Å². The molecule has 5 heteroatoms. The molecule has 2 N–H and O–H groups in total. The molecule has 1 aromatic rings. The van der Waals surface area contributed by atoms with Gasteiger partial charge in [0, 0.05) is 18.4 Å². The normalized spacial score (nSPS) is 11.2. The van der Waals surface area contributed by atoms with E-state index in [1.807, 2.05) is 37.3 Å². The molecule has 0 unspecified atom stereocenters. The number of para-hydroxylation sites is 1. The Labute approximate surface area is 139 Å². The van der Waals surface area contributed by atoms with Gasteiger partial charge in [0.1, 0.15) is 11.6 Å². The van der Waals surface area contributed by atoms with E-state index in [1.54, 1.807) is 0 Å². The van der Waals surface area contributed by atoms with Gasteiger partial charge in [-0.25, -0.2) is 0 Å². The molecule has 0 spiro atoms. The van der Waals surface area contributed by atoms with Gasteiger partial charge in [-0.2, -0.15) is 5.26 Å². The number of nitriles is 1. The maximum Gasteiger partial charge on any atom is 0.267 e. The summed E-state index contributed by atoms with van der Waals surface area (Å²) in [5, 5.41) is 14.9.